The van der Waals surface area contributed by atoms with E-state index in [1.54, 1.807) is 0 Å². The second kappa shape index (κ2) is 8.02. The summed E-state index contributed by atoms with van der Waals surface area (Å²) in [6.07, 6.45) is -2.71. The minimum absolute atomic E-state index is 0.0632. The van der Waals surface area contributed by atoms with Gasteiger partial charge in [-0.1, -0.05) is 19.1 Å². The molecule has 0 aliphatic heterocycles. The van der Waals surface area contributed by atoms with Gasteiger partial charge < -0.3 is 10.4 Å². The van der Waals surface area contributed by atoms with Crippen LogP contribution >= 0.6 is 0 Å². The Hall–Kier alpha value is -1.56. The van der Waals surface area contributed by atoms with Crippen molar-refractivity contribution in [1.82, 2.24) is 5.32 Å². The first-order valence-electron chi connectivity index (χ1n) is 6.86. The largest absolute Gasteiger partial charge is 0.416 e. The molecule has 0 aliphatic rings. The van der Waals surface area contributed by atoms with E-state index in [1.165, 1.54) is 12.1 Å². The number of alkyl halides is 3. The fourth-order valence-corrected chi connectivity index (χ4v) is 1.83. The van der Waals surface area contributed by atoms with Crippen LogP contribution in [0.2, 0.25) is 0 Å². The summed E-state index contributed by atoms with van der Waals surface area (Å²) in [5, 5.41) is 11.6. The monoisotopic (exact) mass is 303 g/mol. The summed E-state index contributed by atoms with van der Waals surface area (Å²) in [7, 11) is 0. The van der Waals surface area contributed by atoms with Crippen LogP contribution in [0.25, 0.3) is 0 Å². The average Bonchev–Trinajstić information content (AvgIpc) is 2.43. The topological polar surface area (TPSA) is 49.3 Å². The molecule has 6 heteroatoms. The Labute approximate surface area is 122 Å². The summed E-state index contributed by atoms with van der Waals surface area (Å²) in [5.41, 5.74) is -0.172. The molecular weight excluding hydrogens is 283 g/mol. The third kappa shape index (κ3) is 6.62. The Morgan fingerprint density at radius 3 is 2.43 bits per heavy atom. The number of aliphatic hydroxyl groups excluding tert-OH is 1. The van der Waals surface area contributed by atoms with Crippen LogP contribution in [-0.2, 0) is 17.4 Å². The van der Waals surface area contributed by atoms with Crippen molar-refractivity contribution < 1.29 is 23.1 Å². The second-order valence-corrected chi connectivity index (χ2v) is 5.15. The fourth-order valence-electron chi connectivity index (χ4n) is 1.83. The van der Waals surface area contributed by atoms with Gasteiger partial charge >= 0.3 is 6.18 Å². The molecule has 0 saturated heterocycles. The van der Waals surface area contributed by atoms with Crippen LogP contribution in [0.4, 0.5) is 13.2 Å². The lowest BCUT2D eigenvalue weighted by Crippen LogP contribution is -2.26. The smallest absolute Gasteiger partial charge is 0.396 e. The number of hydrogen-bond acceptors (Lipinski definition) is 2. The molecule has 0 spiro atoms. The minimum atomic E-state index is -4.36. The number of carbonyl (C=O) groups excluding carboxylic acids is 1. The highest BCUT2D eigenvalue weighted by Crippen LogP contribution is 2.29. The van der Waals surface area contributed by atoms with E-state index in [2.05, 4.69) is 5.32 Å². The zero-order valence-electron chi connectivity index (χ0n) is 11.9. The zero-order chi connectivity index (χ0) is 15.9. The summed E-state index contributed by atoms with van der Waals surface area (Å²) in [6, 6.07) is 4.59. The third-order valence-electron chi connectivity index (χ3n) is 3.15. The summed E-state index contributed by atoms with van der Waals surface area (Å²) in [5.74, 6) is -0.0109. The molecule has 0 bridgehead atoms. The molecule has 0 saturated carbocycles. The summed E-state index contributed by atoms with van der Waals surface area (Å²) < 4.78 is 37.2. The highest BCUT2D eigenvalue weighted by Gasteiger charge is 2.29. The standard InChI is InChI=1S/C15H20F3NO2/c1-11(10-20)3-2-8-19-14(21)9-12-4-6-13(7-5-12)15(16,17)18/h4-7,11,20H,2-3,8-10H2,1H3,(H,19,21). The summed E-state index contributed by atoms with van der Waals surface area (Å²) >= 11 is 0. The number of carbonyl (C=O) groups is 1. The van der Waals surface area contributed by atoms with Gasteiger partial charge in [0.15, 0.2) is 0 Å². The normalized spacial score (nSPS) is 13.0. The van der Waals surface area contributed by atoms with Crippen LogP contribution in [0.3, 0.4) is 0 Å². The van der Waals surface area contributed by atoms with Crippen LogP contribution in [-0.4, -0.2) is 24.2 Å². The lowest BCUT2D eigenvalue weighted by molar-refractivity contribution is -0.137. The van der Waals surface area contributed by atoms with Crippen LogP contribution < -0.4 is 5.32 Å². The quantitative estimate of drug-likeness (QED) is 0.761. The maximum Gasteiger partial charge on any atom is 0.416 e. The number of benzene rings is 1. The highest BCUT2D eigenvalue weighted by atomic mass is 19.4. The first-order valence-corrected chi connectivity index (χ1v) is 6.86. The van der Waals surface area contributed by atoms with E-state index in [-0.39, 0.29) is 24.9 Å². The number of aliphatic hydroxyl groups is 1. The van der Waals surface area contributed by atoms with Crippen molar-refractivity contribution in [3.63, 3.8) is 0 Å². The van der Waals surface area contributed by atoms with E-state index in [4.69, 9.17) is 5.11 Å². The van der Waals surface area contributed by atoms with E-state index in [0.29, 0.717) is 12.1 Å². The lowest BCUT2D eigenvalue weighted by atomic mass is 10.1. The van der Waals surface area contributed by atoms with Gasteiger partial charge in [0.25, 0.3) is 0 Å². The molecule has 1 aromatic rings. The first kappa shape index (κ1) is 17.5. The molecule has 2 N–H and O–H groups in total. The molecule has 0 heterocycles. The predicted octanol–water partition coefficient (Wildman–Crippen LogP) is 2.77. The minimum Gasteiger partial charge on any atom is -0.396 e. The average molecular weight is 303 g/mol. The maximum atomic E-state index is 12.4. The molecule has 0 radical (unpaired) electrons. The fraction of sp³-hybridized carbons (Fsp3) is 0.533. The van der Waals surface area contributed by atoms with Gasteiger partial charge in [0.1, 0.15) is 0 Å². The van der Waals surface area contributed by atoms with Gasteiger partial charge in [-0.05, 0) is 36.5 Å². The predicted molar refractivity (Wildman–Crippen MR) is 73.6 cm³/mol. The van der Waals surface area contributed by atoms with E-state index in [9.17, 15) is 18.0 Å². The Bertz CT molecular complexity index is 443. The molecule has 1 aromatic carbocycles. The summed E-state index contributed by atoms with van der Waals surface area (Å²) in [6.45, 7) is 2.55. The Kier molecular flexibility index (Phi) is 6.68. The molecule has 1 amide bonds. The lowest BCUT2D eigenvalue weighted by Gasteiger charge is -2.09. The number of nitrogens with one attached hydrogen (secondary N) is 1. The molecule has 21 heavy (non-hydrogen) atoms. The van der Waals surface area contributed by atoms with E-state index in [1.807, 2.05) is 6.92 Å². The van der Waals surface area contributed by atoms with Gasteiger partial charge in [-0.25, -0.2) is 0 Å². The van der Waals surface area contributed by atoms with Gasteiger partial charge in [0, 0.05) is 13.2 Å². The van der Waals surface area contributed by atoms with Crippen molar-refractivity contribution in [2.75, 3.05) is 13.2 Å². The van der Waals surface area contributed by atoms with Gasteiger partial charge in [0.05, 0.1) is 12.0 Å². The van der Waals surface area contributed by atoms with Crippen molar-refractivity contribution in [2.45, 2.75) is 32.4 Å². The number of hydrogen-bond donors (Lipinski definition) is 2. The van der Waals surface area contributed by atoms with E-state index in [0.717, 1.165) is 25.0 Å². The van der Waals surface area contributed by atoms with Crippen molar-refractivity contribution in [3.05, 3.63) is 35.4 Å². The summed E-state index contributed by atoms with van der Waals surface area (Å²) in [4.78, 5) is 11.6. The molecule has 0 aliphatic carbocycles. The van der Waals surface area contributed by atoms with E-state index < -0.39 is 11.7 Å². The number of amides is 1. The number of halogens is 3. The second-order valence-electron chi connectivity index (χ2n) is 5.15. The maximum absolute atomic E-state index is 12.4. The van der Waals surface area contributed by atoms with Crippen molar-refractivity contribution in [1.29, 1.82) is 0 Å². The van der Waals surface area contributed by atoms with Crippen LogP contribution in [0, 0.1) is 5.92 Å². The molecule has 0 aromatic heterocycles. The Morgan fingerprint density at radius 2 is 1.90 bits per heavy atom. The zero-order valence-corrected chi connectivity index (χ0v) is 11.9. The highest BCUT2D eigenvalue weighted by molar-refractivity contribution is 5.78. The molecule has 1 unspecified atom stereocenters. The Morgan fingerprint density at radius 1 is 1.29 bits per heavy atom. The van der Waals surface area contributed by atoms with Crippen molar-refractivity contribution in [2.24, 2.45) is 5.92 Å². The Balaban J connectivity index is 2.35. The third-order valence-corrected chi connectivity index (χ3v) is 3.15. The van der Waals surface area contributed by atoms with Gasteiger partial charge in [-0.15, -0.1) is 0 Å². The van der Waals surface area contributed by atoms with Gasteiger partial charge in [-0.2, -0.15) is 13.2 Å². The van der Waals surface area contributed by atoms with Crippen molar-refractivity contribution in [3.8, 4) is 0 Å². The molecule has 1 atom stereocenters. The van der Waals surface area contributed by atoms with E-state index >= 15 is 0 Å². The van der Waals surface area contributed by atoms with Gasteiger partial charge in [0.2, 0.25) is 5.91 Å². The van der Waals surface area contributed by atoms with Crippen LogP contribution in [0.1, 0.15) is 30.9 Å². The number of rotatable bonds is 7. The first-order chi connectivity index (χ1) is 9.82. The molecule has 0 fully saturated rings. The SMILES string of the molecule is CC(CO)CCCNC(=O)Cc1ccc(C(F)(F)F)cc1. The van der Waals surface area contributed by atoms with Crippen molar-refractivity contribution >= 4 is 5.91 Å². The molecule has 3 nitrogen and oxygen atoms in total. The molecule has 118 valence electrons. The molecule has 1 rings (SSSR count). The van der Waals surface area contributed by atoms with Crippen LogP contribution in [0.5, 0.6) is 0 Å². The van der Waals surface area contributed by atoms with Crippen LogP contribution in [0.15, 0.2) is 24.3 Å². The van der Waals surface area contributed by atoms with Gasteiger partial charge in [-0.3, -0.25) is 4.79 Å². The molecular formula is C15H20F3NO2.